The molecule has 1 rings (SSSR count). The van der Waals surface area contributed by atoms with E-state index in [0.717, 1.165) is 44.2 Å². The summed E-state index contributed by atoms with van der Waals surface area (Å²) in [7, 11) is 1.93. The fourth-order valence-corrected chi connectivity index (χ4v) is 2.25. The fraction of sp³-hybridized carbons (Fsp3) is 0.867. The number of likely N-dealkylation sites (tertiary alicyclic amines) is 1. The molecule has 1 aliphatic rings. The van der Waals surface area contributed by atoms with Crippen molar-refractivity contribution in [2.45, 2.75) is 39.0 Å². The average Bonchev–Trinajstić information content (AvgIpc) is 2.39. The topological polar surface area (TPSA) is 24.5 Å². The highest BCUT2D eigenvalue weighted by Gasteiger charge is 2.14. The van der Waals surface area contributed by atoms with Crippen LogP contribution in [0.2, 0.25) is 0 Å². The summed E-state index contributed by atoms with van der Waals surface area (Å²) in [6.07, 6.45) is 6.07. The van der Waals surface area contributed by atoms with Gasteiger partial charge in [-0.05, 0) is 51.1 Å². The highest BCUT2D eigenvalue weighted by atomic mass is 16.5. The van der Waals surface area contributed by atoms with E-state index in [0.29, 0.717) is 0 Å². The van der Waals surface area contributed by atoms with Crippen molar-refractivity contribution in [2.75, 3.05) is 39.9 Å². The summed E-state index contributed by atoms with van der Waals surface area (Å²) in [5.41, 5.74) is 1.12. The molecule has 3 nitrogen and oxygen atoms in total. The molecule has 0 spiro atoms. The van der Waals surface area contributed by atoms with Gasteiger partial charge in [-0.3, -0.25) is 0 Å². The predicted octanol–water partition coefficient (Wildman–Crippen LogP) is 2.64. The molecule has 106 valence electrons. The quantitative estimate of drug-likeness (QED) is 0.640. The van der Waals surface area contributed by atoms with Crippen LogP contribution in [0.25, 0.3) is 0 Å². The number of nitrogens with zero attached hydrogens (tertiary/aromatic N) is 1. The molecule has 1 heterocycles. The molecule has 18 heavy (non-hydrogen) atoms. The molecule has 0 saturated carbocycles. The van der Waals surface area contributed by atoms with Crippen molar-refractivity contribution in [1.82, 2.24) is 10.2 Å². The number of hydrogen-bond acceptors (Lipinski definition) is 3. The maximum Gasteiger partial charge on any atom is 0.0593 e. The van der Waals surface area contributed by atoms with Gasteiger partial charge in [0, 0.05) is 25.9 Å². The van der Waals surface area contributed by atoms with E-state index in [2.05, 4.69) is 23.7 Å². The van der Waals surface area contributed by atoms with Crippen LogP contribution in [0.1, 0.15) is 39.0 Å². The molecule has 1 N–H and O–H groups in total. The predicted molar refractivity (Wildman–Crippen MR) is 77.7 cm³/mol. The minimum atomic E-state index is 0.890. The Labute approximate surface area is 113 Å². The molecular formula is C15H30N2O. The third-order valence-corrected chi connectivity index (χ3v) is 3.80. The molecule has 1 aliphatic heterocycles. The number of unbranched alkanes of at least 4 members (excludes halogenated alkanes) is 1. The maximum absolute atomic E-state index is 5.69. The van der Waals surface area contributed by atoms with E-state index >= 15 is 0 Å². The Morgan fingerprint density at radius 3 is 2.67 bits per heavy atom. The zero-order valence-corrected chi connectivity index (χ0v) is 12.2. The van der Waals surface area contributed by atoms with Crippen molar-refractivity contribution in [3.8, 4) is 0 Å². The smallest absolute Gasteiger partial charge is 0.0593 e. The van der Waals surface area contributed by atoms with E-state index in [9.17, 15) is 0 Å². The monoisotopic (exact) mass is 254 g/mol. The average molecular weight is 254 g/mol. The van der Waals surface area contributed by atoms with E-state index in [1.165, 1.54) is 32.4 Å². The molecule has 0 aromatic heterocycles. The van der Waals surface area contributed by atoms with Crippen molar-refractivity contribution in [3.63, 3.8) is 0 Å². The lowest BCUT2D eigenvalue weighted by Crippen LogP contribution is -2.35. The van der Waals surface area contributed by atoms with Crippen LogP contribution in [0.3, 0.4) is 0 Å². The van der Waals surface area contributed by atoms with E-state index in [4.69, 9.17) is 4.74 Å². The lowest BCUT2D eigenvalue weighted by Gasteiger charge is -2.29. The number of hydrogen-bond donors (Lipinski definition) is 1. The lowest BCUT2D eigenvalue weighted by atomic mass is 9.99. The first kappa shape index (κ1) is 15.5. The van der Waals surface area contributed by atoms with Gasteiger partial charge in [-0.15, -0.1) is 0 Å². The van der Waals surface area contributed by atoms with Crippen LogP contribution in [0.5, 0.6) is 0 Å². The standard InChI is InChI=1S/C15H30N2O/c1-14-7-9-17(10-8-14)11-13-18-12-5-4-6-15(2)16-3/h14,16H,2,4-13H2,1,3H3. The van der Waals surface area contributed by atoms with Crippen molar-refractivity contribution in [3.05, 3.63) is 12.3 Å². The normalized spacial score (nSPS) is 17.9. The SMILES string of the molecule is C=C(CCCCOCCN1CCC(C)CC1)NC. The molecule has 3 heteroatoms. The molecule has 1 fully saturated rings. The van der Waals surface area contributed by atoms with Gasteiger partial charge in [-0.25, -0.2) is 0 Å². The molecule has 0 aromatic carbocycles. The Kier molecular flexibility index (Phi) is 8.10. The van der Waals surface area contributed by atoms with Crippen molar-refractivity contribution >= 4 is 0 Å². The van der Waals surface area contributed by atoms with Crippen molar-refractivity contribution < 1.29 is 4.74 Å². The molecule has 0 aliphatic carbocycles. The Morgan fingerprint density at radius 2 is 2.00 bits per heavy atom. The van der Waals surface area contributed by atoms with Crippen molar-refractivity contribution in [1.29, 1.82) is 0 Å². The van der Waals surface area contributed by atoms with E-state index in [1.807, 2.05) is 7.05 Å². The molecule has 0 radical (unpaired) electrons. The first-order chi connectivity index (χ1) is 8.72. The van der Waals surface area contributed by atoms with Gasteiger partial charge in [0.2, 0.25) is 0 Å². The third-order valence-electron chi connectivity index (χ3n) is 3.80. The number of nitrogens with one attached hydrogen (secondary N) is 1. The van der Waals surface area contributed by atoms with E-state index in [-0.39, 0.29) is 0 Å². The van der Waals surface area contributed by atoms with Gasteiger partial charge < -0.3 is 15.0 Å². The van der Waals surface area contributed by atoms with Crippen LogP contribution in [0.15, 0.2) is 12.3 Å². The van der Waals surface area contributed by atoms with E-state index < -0.39 is 0 Å². The Hall–Kier alpha value is -0.540. The van der Waals surface area contributed by atoms with Gasteiger partial charge >= 0.3 is 0 Å². The Balaban J connectivity index is 1.85. The molecule has 0 aromatic rings. The van der Waals surface area contributed by atoms with Crippen LogP contribution in [0.4, 0.5) is 0 Å². The van der Waals surface area contributed by atoms with Crippen LogP contribution < -0.4 is 5.32 Å². The molecule has 0 unspecified atom stereocenters. The zero-order chi connectivity index (χ0) is 13.2. The van der Waals surface area contributed by atoms with Gasteiger partial charge in [0.1, 0.15) is 0 Å². The molecular weight excluding hydrogens is 224 g/mol. The Morgan fingerprint density at radius 1 is 1.28 bits per heavy atom. The number of piperidine rings is 1. The summed E-state index contributed by atoms with van der Waals surface area (Å²) >= 11 is 0. The van der Waals surface area contributed by atoms with Crippen LogP contribution in [-0.4, -0.2) is 44.8 Å². The number of rotatable bonds is 9. The molecule has 0 bridgehead atoms. The minimum Gasteiger partial charge on any atom is -0.392 e. The minimum absolute atomic E-state index is 0.890. The summed E-state index contributed by atoms with van der Waals surface area (Å²) in [6, 6.07) is 0. The first-order valence-corrected chi connectivity index (χ1v) is 7.38. The number of ether oxygens (including phenoxy) is 1. The van der Waals surface area contributed by atoms with Crippen LogP contribution in [-0.2, 0) is 4.74 Å². The van der Waals surface area contributed by atoms with Gasteiger partial charge in [-0.2, -0.15) is 0 Å². The Bertz CT molecular complexity index is 223. The highest BCUT2D eigenvalue weighted by molar-refractivity contribution is 4.88. The number of allylic oxidation sites excluding steroid dienone is 1. The summed E-state index contributed by atoms with van der Waals surface area (Å²) in [5, 5.41) is 3.07. The zero-order valence-electron chi connectivity index (χ0n) is 12.2. The third kappa shape index (κ3) is 7.02. The largest absolute Gasteiger partial charge is 0.392 e. The molecule has 1 saturated heterocycles. The van der Waals surface area contributed by atoms with Crippen LogP contribution >= 0.6 is 0 Å². The van der Waals surface area contributed by atoms with Gasteiger partial charge in [-0.1, -0.05) is 13.5 Å². The summed E-state index contributed by atoms with van der Waals surface area (Å²) in [4.78, 5) is 2.53. The first-order valence-electron chi connectivity index (χ1n) is 7.38. The lowest BCUT2D eigenvalue weighted by molar-refractivity contribution is 0.0879. The van der Waals surface area contributed by atoms with Gasteiger partial charge in [0.05, 0.1) is 6.61 Å². The second kappa shape index (κ2) is 9.40. The summed E-state index contributed by atoms with van der Waals surface area (Å²) < 4.78 is 5.69. The molecule has 0 atom stereocenters. The maximum atomic E-state index is 5.69. The summed E-state index contributed by atoms with van der Waals surface area (Å²) in [5.74, 6) is 0.919. The van der Waals surface area contributed by atoms with Gasteiger partial charge in [0.25, 0.3) is 0 Å². The second-order valence-electron chi connectivity index (χ2n) is 5.45. The highest BCUT2D eigenvalue weighted by Crippen LogP contribution is 2.15. The fourth-order valence-electron chi connectivity index (χ4n) is 2.25. The van der Waals surface area contributed by atoms with Crippen molar-refractivity contribution in [2.24, 2.45) is 5.92 Å². The second-order valence-corrected chi connectivity index (χ2v) is 5.45. The van der Waals surface area contributed by atoms with Crippen LogP contribution in [0, 0.1) is 5.92 Å². The molecule has 0 amide bonds. The van der Waals surface area contributed by atoms with Gasteiger partial charge in [0.15, 0.2) is 0 Å². The summed E-state index contributed by atoms with van der Waals surface area (Å²) in [6.45, 7) is 11.7. The van der Waals surface area contributed by atoms with E-state index in [1.54, 1.807) is 0 Å².